The molecule has 1 saturated heterocycles. The van der Waals surface area contributed by atoms with Gasteiger partial charge in [0.1, 0.15) is 0 Å². The van der Waals surface area contributed by atoms with E-state index in [-0.39, 0.29) is 18.4 Å². The van der Waals surface area contributed by atoms with Gasteiger partial charge in [0.25, 0.3) is 5.91 Å². The van der Waals surface area contributed by atoms with Crippen molar-refractivity contribution in [2.75, 3.05) is 25.0 Å². The highest BCUT2D eigenvalue weighted by Crippen LogP contribution is 2.19. The second kappa shape index (κ2) is 9.71. The number of hydrogen-bond acceptors (Lipinski definition) is 3. The van der Waals surface area contributed by atoms with Gasteiger partial charge < -0.3 is 15.5 Å². The Morgan fingerprint density at radius 3 is 2.43 bits per heavy atom. The van der Waals surface area contributed by atoms with E-state index < -0.39 is 0 Å². The summed E-state index contributed by atoms with van der Waals surface area (Å²) in [7, 11) is 0. The highest BCUT2D eigenvalue weighted by atomic mass is 35.5. The van der Waals surface area contributed by atoms with Crippen LogP contribution in [0, 0.1) is 5.92 Å². The first-order valence-electron chi connectivity index (χ1n) is 9.66. The smallest absolute Gasteiger partial charge is 0.253 e. The van der Waals surface area contributed by atoms with E-state index in [1.165, 1.54) is 0 Å². The molecule has 6 heteroatoms. The Kier molecular flexibility index (Phi) is 7.06. The predicted molar refractivity (Wildman–Crippen MR) is 113 cm³/mol. The Balaban J connectivity index is 1.46. The maximum Gasteiger partial charge on any atom is 0.253 e. The number of hydrogen-bond donors (Lipinski definition) is 2. The number of halogens is 1. The molecule has 2 aromatic carbocycles. The highest BCUT2D eigenvalue weighted by molar-refractivity contribution is 6.31. The molecule has 2 N–H and O–H groups in total. The highest BCUT2D eigenvalue weighted by Gasteiger charge is 2.21. The Bertz CT molecular complexity index is 815. The number of likely N-dealkylation sites (tertiary alicyclic amines) is 1. The lowest BCUT2D eigenvalue weighted by atomic mass is 9.98. The Labute approximate surface area is 171 Å². The van der Waals surface area contributed by atoms with E-state index in [0.717, 1.165) is 31.5 Å². The van der Waals surface area contributed by atoms with Crippen LogP contribution in [0.3, 0.4) is 0 Å². The number of anilines is 1. The number of rotatable bonds is 6. The quantitative estimate of drug-likeness (QED) is 0.773. The molecule has 2 aromatic rings. The molecule has 0 aliphatic carbocycles. The molecule has 2 amide bonds. The van der Waals surface area contributed by atoms with Crippen LogP contribution < -0.4 is 10.6 Å². The lowest BCUT2D eigenvalue weighted by Gasteiger charge is -2.30. The van der Waals surface area contributed by atoms with E-state index in [1.807, 2.05) is 29.2 Å². The van der Waals surface area contributed by atoms with Gasteiger partial charge in [-0.05, 0) is 54.7 Å². The molecule has 3 rings (SSSR count). The van der Waals surface area contributed by atoms with Crippen molar-refractivity contribution >= 4 is 29.1 Å². The van der Waals surface area contributed by atoms with Gasteiger partial charge in [0.05, 0.1) is 6.54 Å². The largest absolute Gasteiger partial charge is 0.339 e. The van der Waals surface area contributed by atoms with Crippen LogP contribution in [0.25, 0.3) is 0 Å². The van der Waals surface area contributed by atoms with Crippen LogP contribution in [0.4, 0.5) is 5.69 Å². The molecule has 0 unspecified atom stereocenters. The van der Waals surface area contributed by atoms with Crippen LogP contribution in [0.2, 0.25) is 5.02 Å². The molecule has 1 heterocycles. The molecule has 148 valence electrons. The number of nitrogens with one attached hydrogen (secondary N) is 2. The summed E-state index contributed by atoms with van der Waals surface area (Å²) in [5, 5.41) is 6.60. The van der Waals surface area contributed by atoms with Gasteiger partial charge in [-0.25, -0.2) is 0 Å². The molecular formula is C22H26ClN3O2. The summed E-state index contributed by atoms with van der Waals surface area (Å²) in [6, 6.07) is 14.6. The first-order chi connectivity index (χ1) is 13.5. The topological polar surface area (TPSA) is 61.4 Å². The maximum absolute atomic E-state index is 12.6. The van der Waals surface area contributed by atoms with E-state index in [2.05, 4.69) is 17.6 Å². The zero-order chi connectivity index (χ0) is 19.9. The van der Waals surface area contributed by atoms with Crippen molar-refractivity contribution in [1.29, 1.82) is 0 Å². The number of benzene rings is 2. The minimum Gasteiger partial charge on any atom is -0.339 e. The molecule has 5 nitrogen and oxygen atoms in total. The van der Waals surface area contributed by atoms with E-state index in [0.29, 0.717) is 28.7 Å². The first kappa shape index (κ1) is 20.4. The van der Waals surface area contributed by atoms with Gasteiger partial charge in [0.15, 0.2) is 0 Å². The molecule has 0 aromatic heterocycles. The van der Waals surface area contributed by atoms with Crippen molar-refractivity contribution in [2.24, 2.45) is 5.92 Å². The lowest BCUT2D eigenvalue weighted by Crippen LogP contribution is -2.37. The standard InChI is InChI=1S/C22H26ClN3O2/c1-16-10-12-26(13-11-16)22(28)17-6-8-19(9-7-17)25-21(27)15-24-14-18-4-2-3-5-20(18)23/h2-9,16,24H,10-15H2,1H3,(H,25,27). The van der Waals surface area contributed by atoms with Crippen LogP contribution in [0.1, 0.15) is 35.7 Å². The van der Waals surface area contributed by atoms with Gasteiger partial charge in [0, 0.05) is 35.9 Å². The zero-order valence-electron chi connectivity index (χ0n) is 16.1. The van der Waals surface area contributed by atoms with Gasteiger partial charge in [-0.3, -0.25) is 9.59 Å². The number of carbonyl (C=O) groups excluding carboxylic acids is 2. The van der Waals surface area contributed by atoms with Gasteiger partial charge in [0.2, 0.25) is 5.91 Å². The molecule has 1 aliphatic rings. The molecule has 1 fully saturated rings. The fourth-order valence-corrected chi connectivity index (χ4v) is 3.45. The third kappa shape index (κ3) is 5.57. The van der Waals surface area contributed by atoms with Crippen molar-refractivity contribution in [2.45, 2.75) is 26.3 Å². The molecular weight excluding hydrogens is 374 g/mol. The maximum atomic E-state index is 12.6. The van der Waals surface area contributed by atoms with E-state index in [4.69, 9.17) is 11.6 Å². The lowest BCUT2D eigenvalue weighted by molar-refractivity contribution is -0.115. The third-order valence-corrected chi connectivity index (χ3v) is 5.41. The van der Waals surface area contributed by atoms with Crippen LogP contribution in [0.5, 0.6) is 0 Å². The van der Waals surface area contributed by atoms with Crippen molar-refractivity contribution in [3.05, 3.63) is 64.7 Å². The number of amides is 2. The van der Waals surface area contributed by atoms with Crippen LogP contribution >= 0.6 is 11.6 Å². The van der Waals surface area contributed by atoms with E-state index in [9.17, 15) is 9.59 Å². The number of piperidine rings is 1. The van der Waals surface area contributed by atoms with Crippen molar-refractivity contribution < 1.29 is 9.59 Å². The van der Waals surface area contributed by atoms with Gasteiger partial charge >= 0.3 is 0 Å². The summed E-state index contributed by atoms with van der Waals surface area (Å²) in [6.07, 6.45) is 2.11. The van der Waals surface area contributed by atoms with E-state index in [1.54, 1.807) is 24.3 Å². The molecule has 0 atom stereocenters. The van der Waals surface area contributed by atoms with Crippen LogP contribution in [-0.4, -0.2) is 36.3 Å². The third-order valence-electron chi connectivity index (χ3n) is 5.05. The fraction of sp³-hybridized carbons (Fsp3) is 0.364. The molecule has 0 spiro atoms. The summed E-state index contributed by atoms with van der Waals surface area (Å²) in [5.41, 5.74) is 2.28. The van der Waals surface area contributed by atoms with Crippen molar-refractivity contribution in [3.8, 4) is 0 Å². The monoisotopic (exact) mass is 399 g/mol. The Hall–Kier alpha value is -2.37. The fourth-order valence-electron chi connectivity index (χ4n) is 3.25. The van der Waals surface area contributed by atoms with Crippen LogP contribution in [-0.2, 0) is 11.3 Å². The molecule has 28 heavy (non-hydrogen) atoms. The second-order valence-electron chi connectivity index (χ2n) is 7.30. The van der Waals surface area contributed by atoms with E-state index >= 15 is 0 Å². The summed E-state index contributed by atoms with van der Waals surface area (Å²) in [4.78, 5) is 26.6. The van der Waals surface area contributed by atoms with Crippen molar-refractivity contribution in [3.63, 3.8) is 0 Å². The SMILES string of the molecule is CC1CCN(C(=O)c2ccc(NC(=O)CNCc3ccccc3Cl)cc2)CC1. The van der Waals surface area contributed by atoms with Gasteiger partial charge in [-0.15, -0.1) is 0 Å². The molecule has 0 radical (unpaired) electrons. The predicted octanol–water partition coefficient (Wildman–Crippen LogP) is 3.94. The summed E-state index contributed by atoms with van der Waals surface area (Å²) < 4.78 is 0. The second-order valence-corrected chi connectivity index (χ2v) is 7.70. The van der Waals surface area contributed by atoms with Crippen LogP contribution in [0.15, 0.2) is 48.5 Å². The summed E-state index contributed by atoms with van der Waals surface area (Å²) >= 11 is 6.10. The van der Waals surface area contributed by atoms with Gasteiger partial charge in [-0.2, -0.15) is 0 Å². The van der Waals surface area contributed by atoms with Gasteiger partial charge in [-0.1, -0.05) is 36.7 Å². The minimum atomic E-state index is -0.142. The average Bonchev–Trinajstić information content (AvgIpc) is 2.70. The Morgan fingerprint density at radius 2 is 1.75 bits per heavy atom. The zero-order valence-corrected chi connectivity index (χ0v) is 16.8. The summed E-state index contributed by atoms with van der Waals surface area (Å²) in [5.74, 6) is 0.607. The average molecular weight is 400 g/mol. The molecule has 0 saturated carbocycles. The number of nitrogens with zero attached hydrogens (tertiary/aromatic N) is 1. The minimum absolute atomic E-state index is 0.0613. The molecule has 0 bridgehead atoms. The normalized spacial score (nSPS) is 14.7. The summed E-state index contributed by atoms with van der Waals surface area (Å²) in [6.45, 7) is 4.56. The number of carbonyl (C=O) groups is 2. The Morgan fingerprint density at radius 1 is 1.07 bits per heavy atom. The van der Waals surface area contributed by atoms with Crippen molar-refractivity contribution in [1.82, 2.24) is 10.2 Å². The first-order valence-corrected chi connectivity index (χ1v) is 10.0. The molecule has 1 aliphatic heterocycles.